The van der Waals surface area contributed by atoms with Crippen molar-refractivity contribution in [2.45, 2.75) is 47.1 Å². The Bertz CT molecular complexity index is 288. The van der Waals surface area contributed by atoms with Crippen molar-refractivity contribution >= 4 is 0 Å². The van der Waals surface area contributed by atoms with Crippen LogP contribution in [0.5, 0.6) is 0 Å². The van der Waals surface area contributed by atoms with Gasteiger partial charge in [0.05, 0.1) is 6.26 Å². The van der Waals surface area contributed by atoms with E-state index in [-0.39, 0.29) is 0 Å². The van der Waals surface area contributed by atoms with Gasteiger partial charge in [0.25, 0.3) is 0 Å². The lowest BCUT2D eigenvalue weighted by Gasteiger charge is -2.31. The summed E-state index contributed by atoms with van der Waals surface area (Å²) in [5.74, 6) is 1.75. The fourth-order valence-electron chi connectivity index (χ4n) is 1.44. The summed E-state index contributed by atoms with van der Waals surface area (Å²) in [7, 11) is 0. The number of hydrogen-bond acceptors (Lipinski definition) is 2. The average Bonchev–Trinajstić information content (AvgIpc) is 2.67. The first-order valence-corrected chi connectivity index (χ1v) is 6.17. The Kier molecular flexibility index (Phi) is 4.60. The quantitative estimate of drug-likeness (QED) is 0.798. The van der Waals surface area contributed by atoms with Gasteiger partial charge in [0.15, 0.2) is 0 Å². The molecule has 0 aliphatic rings. The lowest BCUT2D eigenvalue weighted by atomic mass is 9.81. The second-order valence-corrected chi connectivity index (χ2v) is 5.71. The van der Waals surface area contributed by atoms with Gasteiger partial charge in [-0.3, -0.25) is 0 Å². The highest BCUT2D eigenvalue weighted by Crippen LogP contribution is 2.24. The van der Waals surface area contributed by atoms with Crippen LogP contribution in [0.2, 0.25) is 0 Å². The molecule has 2 nitrogen and oxygen atoms in total. The number of nitrogens with one attached hydrogen (secondary N) is 1. The van der Waals surface area contributed by atoms with Crippen molar-refractivity contribution in [3.8, 4) is 0 Å². The molecule has 1 unspecified atom stereocenters. The molecule has 0 bridgehead atoms. The molecule has 16 heavy (non-hydrogen) atoms. The summed E-state index contributed by atoms with van der Waals surface area (Å²) in [6.45, 7) is 12.4. The molecule has 1 aromatic rings. The van der Waals surface area contributed by atoms with E-state index in [1.807, 2.05) is 12.1 Å². The summed E-state index contributed by atoms with van der Waals surface area (Å²) in [4.78, 5) is 0. The third-order valence-corrected chi connectivity index (χ3v) is 3.56. The van der Waals surface area contributed by atoms with Gasteiger partial charge < -0.3 is 9.73 Å². The summed E-state index contributed by atoms with van der Waals surface area (Å²) in [5.41, 5.74) is 0.345. The SMILES string of the molecule is CC(Cc1ccco1)NCC(C)(C)C(C)C. The van der Waals surface area contributed by atoms with E-state index in [9.17, 15) is 0 Å². The zero-order valence-corrected chi connectivity index (χ0v) is 11.2. The number of rotatable bonds is 6. The lowest BCUT2D eigenvalue weighted by Crippen LogP contribution is -2.39. The Morgan fingerprint density at radius 2 is 2.00 bits per heavy atom. The highest BCUT2D eigenvalue weighted by Gasteiger charge is 2.22. The first-order chi connectivity index (χ1) is 7.42. The minimum atomic E-state index is 0.345. The van der Waals surface area contributed by atoms with E-state index < -0.39 is 0 Å². The maximum Gasteiger partial charge on any atom is 0.105 e. The van der Waals surface area contributed by atoms with E-state index >= 15 is 0 Å². The summed E-state index contributed by atoms with van der Waals surface area (Å²) >= 11 is 0. The van der Waals surface area contributed by atoms with Crippen LogP contribution in [-0.4, -0.2) is 12.6 Å². The molecule has 0 amide bonds. The van der Waals surface area contributed by atoms with Gasteiger partial charge >= 0.3 is 0 Å². The third-order valence-electron chi connectivity index (χ3n) is 3.56. The fraction of sp³-hybridized carbons (Fsp3) is 0.714. The standard InChI is InChI=1S/C14H25NO/c1-11(2)14(4,5)10-15-12(3)9-13-7-6-8-16-13/h6-8,11-12,15H,9-10H2,1-5H3. The van der Waals surface area contributed by atoms with Crippen molar-refractivity contribution in [2.24, 2.45) is 11.3 Å². The highest BCUT2D eigenvalue weighted by molar-refractivity contribution is 5.00. The topological polar surface area (TPSA) is 25.2 Å². The first-order valence-electron chi connectivity index (χ1n) is 6.17. The smallest absolute Gasteiger partial charge is 0.105 e. The summed E-state index contributed by atoms with van der Waals surface area (Å²) < 4.78 is 5.34. The molecule has 1 atom stereocenters. The maximum absolute atomic E-state index is 5.34. The van der Waals surface area contributed by atoms with Crippen molar-refractivity contribution in [2.75, 3.05) is 6.54 Å². The monoisotopic (exact) mass is 223 g/mol. The van der Waals surface area contributed by atoms with E-state index in [2.05, 4.69) is 39.9 Å². The second-order valence-electron chi connectivity index (χ2n) is 5.71. The van der Waals surface area contributed by atoms with E-state index in [1.165, 1.54) is 0 Å². The predicted molar refractivity (Wildman–Crippen MR) is 68.5 cm³/mol. The van der Waals surface area contributed by atoms with Crippen LogP contribution in [-0.2, 0) is 6.42 Å². The second kappa shape index (κ2) is 5.53. The van der Waals surface area contributed by atoms with Gasteiger partial charge in [0.2, 0.25) is 0 Å². The van der Waals surface area contributed by atoms with Gasteiger partial charge in [-0.15, -0.1) is 0 Å². The van der Waals surface area contributed by atoms with Gasteiger partial charge in [0, 0.05) is 19.0 Å². The zero-order valence-electron chi connectivity index (χ0n) is 11.2. The molecule has 0 saturated heterocycles. The molecule has 1 rings (SSSR count). The molecule has 2 heteroatoms. The molecular weight excluding hydrogens is 198 g/mol. The molecule has 0 fully saturated rings. The van der Waals surface area contributed by atoms with E-state index in [0.717, 1.165) is 18.7 Å². The van der Waals surface area contributed by atoms with Crippen molar-refractivity contribution in [3.05, 3.63) is 24.2 Å². The minimum Gasteiger partial charge on any atom is -0.469 e. The largest absolute Gasteiger partial charge is 0.469 e. The van der Waals surface area contributed by atoms with Crippen molar-refractivity contribution < 1.29 is 4.42 Å². The molecule has 0 aliphatic heterocycles. The van der Waals surface area contributed by atoms with Crippen LogP contribution in [0.1, 0.15) is 40.4 Å². The first kappa shape index (κ1) is 13.3. The average molecular weight is 223 g/mol. The van der Waals surface area contributed by atoms with Gasteiger partial charge in [-0.1, -0.05) is 27.7 Å². The maximum atomic E-state index is 5.34. The molecular formula is C14H25NO. The van der Waals surface area contributed by atoms with Crippen molar-refractivity contribution in [3.63, 3.8) is 0 Å². The Hall–Kier alpha value is -0.760. The minimum absolute atomic E-state index is 0.345. The highest BCUT2D eigenvalue weighted by atomic mass is 16.3. The lowest BCUT2D eigenvalue weighted by molar-refractivity contribution is 0.228. The molecule has 0 aromatic carbocycles. The van der Waals surface area contributed by atoms with E-state index in [4.69, 9.17) is 4.42 Å². The molecule has 0 saturated carbocycles. The summed E-state index contributed by atoms with van der Waals surface area (Å²) in [6, 6.07) is 4.44. The Morgan fingerprint density at radius 1 is 1.31 bits per heavy atom. The van der Waals surface area contributed by atoms with Gasteiger partial charge in [-0.25, -0.2) is 0 Å². The normalized spacial score (nSPS) is 14.4. The molecule has 0 radical (unpaired) electrons. The van der Waals surface area contributed by atoms with E-state index in [1.54, 1.807) is 6.26 Å². The molecule has 92 valence electrons. The summed E-state index contributed by atoms with van der Waals surface area (Å²) in [6.07, 6.45) is 2.70. The van der Waals surface area contributed by atoms with Gasteiger partial charge in [-0.05, 0) is 30.4 Å². The van der Waals surface area contributed by atoms with Crippen LogP contribution in [0.4, 0.5) is 0 Å². The van der Waals surface area contributed by atoms with Crippen LogP contribution in [0.25, 0.3) is 0 Å². The Morgan fingerprint density at radius 3 is 2.50 bits per heavy atom. The molecule has 0 spiro atoms. The third kappa shape index (κ3) is 4.01. The van der Waals surface area contributed by atoms with Crippen LogP contribution >= 0.6 is 0 Å². The number of hydrogen-bond donors (Lipinski definition) is 1. The van der Waals surface area contributed by atoms with Crippen molar-refractivity contribution in [1.29, 1.82) is 0 Å². The van der Waals surface area contributed by atoms with Crippen molar-refractivity contribution in [1.82, 2.24) is 5.32 Å². The Balaban J connectivity index is 2.33. The van der Waals surface area contributed by atoms with Crippen LogP contribution in [0.15, 0.2) is 22.8 Å². The fourth-order valence-corrected chi connectivity index (χ4v) is 1.44. The van der Waals surface area contributed by atoms with Gasteiger partial charge in [0.1, 0.15) is 5.76 Å². The molecule has 1 N–H and O–H groups in total. The molecule has 0 aliphatic carbocycles. The van der Waals surface area contributed by atoms with E-state index in [0.29, 0.717) is 17.4 Å². The molecule has 1 heterocycles. The predicted octanol–water partition coefficient (Wildman–Crippen LogP) is 3.48. The Labute approximate surface area is 99.4 Å². The number of furan rings is 1. The van der Waals surface area contributed by atoms with Crippen LogP contribution < -0.4 is 5.32 Å². The molecule has 1 aromatic heterocycles. The van der Waals surface area contributed by atoms with Crippen LogP contribution in [0.3, 0.4) is 0 Å². The van der Waals surface area contributed by atoms with Gasteiger partial charge in [-0.2, -0.15) is 0 Å². The summed E-state index contributed by atoms with van der Waals surface area (Å²) in [5, 5.41) is 3.58. The zero-order chi connectivity index (χ0) is 12.2. The van der Waals surface area contributed by atoms with Crippen LogP contribution in [0, 0.1) is 11.3 Å².